The van der Waals surface area contributed by atoms with E-state index in [0.29, 0.717) is 11.4 Å². The maximum absolute atomic E-state index is 12.1. The summed E-state index contributed by atoms with van der Waals surface area (Å²) in [6.45, 7) is 4.39. The number of nitrogens with two attached hydrogens (primary N) is 1. The molecule has 2 aromatic rings. The molecule has 3 N–H and O–H groups in total. The van der Waals surface area contributed by atoms with Gasteiger partial charge in [-0.05, 0) is 55.3 Å². The number of benzene rings is 2. The molecule has 0 fully saturated rings. The first-order valence-electron chi connectivity index (χ1n) is 6.89. The Kier molecular flexibility index (Phi) is 4.48. The molecule has 0 radical (unpaired) electrons. The van der Waals surface area contributed by atoms with Crippen molar-refractivity contribution in [2.24, 2.45) is 0 Å². The first-order valence-corrected chi connectivity index (χ1v) is 6.89. The molecule has 110 valence electrons. The number of rotatable bonds is 4. The third-order valence-corrected chi connectivity index (χ3v) is 3.20. The van der Waals surface area contributed by atoms with Crippen LogP contribution in [0.3, 0.4) is 0 Å². The van der Waals surface area contributed by atoms with Crippen LogP contribution < -0.4 is 16.0 Å². The number of likely N-dealkylation sites (N-methyl/N-ethyl adjacent to an activating group) is 1. The van der Waals surface area contributed by atoms with Gasteiger partial charge in [-0.25, -0.2) is 0 Å². The first kappa shape index (κ1) is 14.9. The van der Waals surface area contributed by atoms with E-state index in [9.17, 15) is 4.79 Å². The van der Waals surface area contributed by atoms with Gasteiger partial charge in [-0.15, -0.1) is 0 Å². The Balaban J connectivity index is 2.02. The highest BCUT2D eigenvalue weighted by Gasteiger charge is 2.08. The quantitative estimate of drug-likeness (QED) is 0.848. The fourth-order valence-corrected chi connectivity index (χ4v) is 2.29. The average molecular weight is 283 g/mol. The Bertz CT molecular complexity index is 632. The minimum atomic E-state index is -0.0674. The molecule has 0 saturated carbocycles. The highest BCUT2D eigenvalue weighted by Crippen LogP contribution is 2.18. The summed E-state index contributed by atoms with van der Waals surface area (Å²) in [5, 5.41) is 2.85. The van der Waals surface area contributed by atoms with Crippen molar-refractivity contribution in [1.29, 1.82) is 0 Å². The van der Waals surface area contributed by atoms with E-state index in [1.807, 2.05) is 24.1 Å². The van der Waals surface area contributed by atoms with E-state index in [1.54, 1.807) is 12.1 Å². The third kappa shape index (κ3) is 4.24. The van der Waals surface area contributed by atoms with E-state index in [4.69, 9.17) is 5.73 Å². The van der Waals surface area contributed by atoms with E-state index >= 15 is 0 Å². The smallest absolute Gasteiger partial charge is 0.243 e. The van der Waals surface area contributed by atoms with Crippen LogP contribution in [-0.4, -0.2) is 19.5 Å². The summed E-state index contributed by atoms with van der Waals surface area (Å²) in [6, 6.07) is 13.4. The lowest BCUT2D eigenvalue weighted by atomic mass is 10.1. The molecular formula is C17H21N3O. The van der Waals surface area contributed by atoms with Gasteiger partial charge in [0.25, 0.3) is 0 Å². The zero-order valence-corrected chi connectivity index (χ0v) is 12.7. The molecule has 4 heteroatoms. The second-order valence-electron chi connectivity index (χ2n) is 5.38. The molecule has 1 amide bonds. The first-order chi connectivity index (χ1) is 9.94. The molecule has 0 bridgehead atoms. The lowest BCUT2D eigenvalue weighted by Gasteiger charge is -2.20. The van der Waals surface area contributed by atoms with E-state index in [-0.39, 0.29) is 12.5 Å². The van der Waals surface area contributed by atoms with Crippen molar-refractivity contribution in [3.05, 3.63) is 53.6 Å². The number of nitrogen functional groups attached to an aromatic ring is 1. The summed E-state index contributed by atoms with van der Waals surface area (Å²) in [5.74, 6) is -0.0674. The zero-order valence-electron chi connectivity index (χ0n) is 12.7. The molecule has 0 saturated heterocycles. The second kappa shape index (κ2) is 6.31. The molecule has 21 heavy (non-hydrogen) atoms. The van der Waals surface area contributed by atoms with Crippen LogP contribution in [0.25, 0.3) is 0 Å². The second-order valence-corrected chi connectivity index (χ2v) is 5.38. The van der Waals surface area contributed by atoms with Crippen molar-refractivity contribution >= 4 is 23.0 Å². The molecule has 0 heterocycles. The minimum absolute atomic E-state index is 0.0674. The predicted octanol–water partition coefficient (Wildman–Crippen LogP) is 2.96. The number of hydrogen-bond acceptors (Lipinski definition) is 3. The van der Waals surface area contributed by atoms with E-state index in [0.717, 1.165) is 5.69 Å². The molecule has 0 spiro atoms. The summed E-state index contributed by atoms with van der Waals surface area (Å²) in [5.41, 5.74) is 10.5. The number of hydrogen-bond donors (Lipinski definition) is 2. The van der Waals surface area contributed by atoms with Crippen LogP contribution in [0.15, 0.2) is 42.5 Å². The van der Waals surface area contributed by atoms with Crippen molar-refractivity contribution in [2.75, 3.05) is 29.5 Å². The van der Waals surface area contributed by atoms with Crippen LogP contribution in [0.1, 0.15) is 11.1 Å². The van der Waals surface area contributed by atoms with Gasteiger partial charge in [-0.1, -0.05) is 12.1 Å². The Labute approximate surface area is 125 Å². The molecule has 0 aliphatic rings. The van der Waals surface area contributed by atoms with Crippen molar-refractivity contribution in [2.45, 2.75) is 13.8 Å². The Morgan fingerprint density at radius 3 is 2.43 bits per heavy atom. The van der Waals surface area contributed by atoms with Gasteiger partial charge in [0, 0.05) is 24.1 Å². The number of nitrogens with zero attached hydrogens (tertiary/aromatic N) is 1. The standard InChI is InChI=1S/C17H21N3O/c1-12-7-13(2)9-16(8-12)20(3)11-17(21)19-15-6-4-5-14(18)10-15/h4-10H,11,18H2,1-3H3,(H,19,21). The minimum Gasteiger partial charge on any atom is -0.399 e. The van der Waals surface area contributed by atoms with Crippen LogP contribution in [0, 0.1) is 13.8 Å². The molecule has 0 atom stereocenters. The van der Waals surface area contributed by atoms with E-state index in [2.05, 4.69) is 37.4 Å². The molecule has 0 aromatic heterocycles. The van der Waals surface area contributed by atoms with Crippen LogP contribution in [0.5, 0.6) is 0 Å². The van der Waals surface area contributed by atoms with Gasteiger partial charge in [0.15, 0.2) is 0 Å². The third-order valence-electron chi connectivity index (χ3n) is 3.20. The van der Waals surface area contributed by atoms with Gasteiger partial charge in [0.2, 0.25) is 5.91 Å². The zero-order chi connectivity index (χ0) is 15.4. The van der Waals surface area contributed by atoms with Gasteiger partial charge < -0.3 is 16.0 Å². The number of carbonyl (C=O) groups excluding carboxylic acids is 1. The summed E-state index contributed by atoms with van der Waals surface area (Å²) in [4.78, 5) is 14.0. The maximum Gasteiger partial charge on any atom is 0.243 e. The molecule has 0 aliphatic heterocycles. The normalized spacial score (nSPS) is 10.2. The van der Waals surface area contributed by atoms with Crippen molar-refractivity contribution in [3.8, 4) is 0 Å². The number of carbonyl (C=O) groups is 1. The molecular weight excluding hydrogens is 262 g/mol. The molecule has 2 aromatic carbocycles. The largest absolute Gasteiger partial charge is 0.399 e. The predicted molar refractivity (Wildman–Crippen MR) is 88.7 cm³/mol. The maximum atomic E-state index is 12.1. The van der Waals surface area contributed by atoms with E-state index < -0.39 is 0 Å². The van der Waals surface area contributed by atoms with Crippen molar-refractivity contribution < 1.29 is 4.79 Å². The van der Waals surface area contributed by atoms with Crippen LogP contribution in [0.4, 0.5) is 17.1 Å². The molecule has 0 aliphatic carbocycles. The van der Waals surface area contributed by atoms with Crippen molar-refractivity contribution in [1.82, 2.24) is 0 Å². The lowest BCUT2D eigenvalue weighted by molar-refractivity contribution is -0.114. The summed E-state index contributed by atoms with van der Waals surface area (Å²) >= 11 is 0. The van der Waals surface area contributed by atoms with Crippen molar-refractivity contribution in [3.63, 3.8) is 0 Å². The van der Waals surface area contributed by atoms with Gasteiger partial charge in [-0.2, -0.15) is 0 Å². The highest BCUT2D eigenvalue weighted by atomic mass is 16.2. The van der Waals surface area contributed by atoms with Crippen LogP contribution in [0.2, 0.25) is 0 Å². The topological polar surface area (TPSA) is 58.4 Å². The number of nitrogens with one attached hydrogen (secondary N) is 1. The van der Waals surface area contributed by atoms with Gasteiger partial charge >= 0.3 is 0 Å². The Morgan fingerprint density at radius 1 is 1.14 bits per heavy atom. The number of anilines is 3. The fourth-order valence-electron chi connectivity index (χ4n) is 2.29. The Morgan fingerprint density at radius 2 is 1.81 bits per heavy atom. The summed E-state index contributed by atoms with van der Waals surface area (Å²) in [7, 11) is 1.91. The van der Waals surface area contributed by atoms with Crippen LogP contribution in [-0.2, 0) is 4.79 Å². The van der Waals surface area contributed by atoms with Crippen LogP contribution >= 0.6 is 0 Å². The van der Waals surface area contributed by atoms with Gasteiger partial charge in [0.1, 0.15) is 0 Å². The fraction of sp³-hybridized carbons (Fsp3) is 0.235. The molecule has 2 rings (SSSR count). The number of amides is 1. The van der Waals surface area contributed by atoms with Gasteiger partial charge in [-0.3, -0.25) is 4.79 Å². The molecule has 0 unspecified atom stereocenters. The average Bonchev–Trinajstić information content (AvgIpc) is 2.37. The summed E-state index contributed by atoms with van der Waals surface area (Å²) in [6.07, 6.45) is 0. The molecule has 4 nitrogen and oxygen atoms in total. The van der Waals surface area contributed by atoms with Gasteiger partial charge in [0.05, 0.1) is 6.54 Å². The lowest BCUT2D eigenvalue weighted by Crippen LogP contribution is -2.30. The number of aryl methyl sites for hydroxylation is 2. The van der Waals surface area contributed by atoms with E-state index in [1.165, 1.54) is 11.1 Å². The monoisotopic (exact) mass is 283 g/mol. The Hall–Kier alpha value is -2.49. The SMILES string of the molecule is Cc1cc(C)cc(N(C)CC(=O)Nc2cccc(N)c2)c1. The summed E-state index contributed by atoms with van der Waals surface area (Å²) < 4.78 is 0. The highest BCUT2D eigenvalue weighted by molar-refractivity contribution is 5.94.